The van der Waals surface area contributed by atoms with Gasteiger partial charge in [-0.05, 0) is 6.42 Å². The molecule has 0 amide bonds. The molecule has 0 saturated carbocycles. The summed E-state index contributed by atoms with van der Waals surface area (Å²) in [6.07, 6.45) is 4.45. The third-order valence-electron chi connectivity index (χ3n) is 2.45. The van der Waals surface area contributed by atoms with Gasteiger partial charge in [0.25, 0.3) is 0 Å². The number of hydrogen-bond acceptors (Lipinski definition) is 3. The molecule has 86 valence electrons. The van der Waals surface area contributed by atoms with Gasteiger partial charge in [0.1, 0.15) is 0 Å². The van der Waals surface area contributed by atoms with Crippen molar-refractivity contribution in [3.8, 4) is 0 Å². The molecule has 0 spiro atoms. The van der Waals surface area contributed by atoms with E-state index in [0.29, 0.717) is 11.5 Å². The lowest BCUT2D eigenvalue weighted by Crippen LogP contribution is -2.17. The number of nitrogens with zero attached hydrogens (tertiary/aromatic N) is 2. The number of nitrogens with two attached hydrogens (primary N) is 1. The summed E-state index contributed by atoms with van der Waals surface area (Å²) >= 11 is 0. The smallest absolute Gasteiger partial charge is 0.0948 e. The molecule has 0 radical (unpaired) electrons. The predicted molar refractivity (Wildman–Crippen MR) is 63.0 cm³/mol. The van der Waals surface area contributed by atoms with E-state index in [1.54, 1.807) is 12.5 Å². The Bertz CT molecular complexity index is 324. The zero-order valence-electron chi connectivity index (χ0n) is 9.35. The molecule has 0 bridgehead atoms. The summed E-state index contributed by atoms with van der Waals surface area (Å²) in [6, 6.07) is 0.0301. The Morgan fingerprint density at radius 3 is 2.93 bits per heavy atom. The lowest BCUT2D eigenvalue weighted by Gasteiger charge is -2.12. The third kappa shape index (κ3) is 3.43. The van der Waals surface area contributed by atoms with Crippen LogP contribution in [0.2, 0.25) is 0 Å². The fourth-order valence-electron chi connectivity index (χ4n) is 1.38. The molecule has 15 heavy (non-hydrogen) atoms. The molecule has 1 aromatic rings. The zero-order valence-corrected chi connectivity index (χ0v) is 10.2. The minimum Gasteiger partial charge on any atom is -0.332 e. The van der Waals surface area contributed by atoms with Crippen molar-refractivity contribution in [2.75, 3.05) is 11.5 Å². The molecular weight excluding hydrogens is 210 g/mol. The Kier molecular flexibility index (Phi) is 4.98. The van der Waals surface area contributed by atoms with Crippen LogP contribution in [0.25, 0.3) is 0 Å². The average Bonchev–Trinajstić information content (AvgIpc) is 2.72. The molecule has 2 atom stereocenters. The first-order valence-electron chi connectivity index (χ1n) is 5.29. The van der Waals surface area contributed by atoms with E-state index in [1.807, 2.05) is 18.4 Å². The highest BCUT2D eigenvalue weighted by molar-refractivity contribution is 7.84. The van der Waals surface area contributed by atoms with Crippen LogP contribution in [0.5, 0.6) is 0 Å². The zero-order chi connectivity index (χ0) is 11.3. The van der Waals surface area contributed by atoms with Gasteiger partial charge in [-0.15, -0.1) is 0 Å². The van der Waals surface area contributed by atoms with E-state index in [0.717, 1.165) is 18.7 Å². The van der Waals surface area contributed by atoms with Crippen LogP contribution in [-0.4, -0.2) is 25.3 Å². The van der Waals surface area contributed by atoms with Gasteiger partial charge in [-0.2, -0.15) is 0 Å². The summed E-state index contributed by atoms with van der Waals surface area (Å²) in [5, 5.41) is 0. The molecule has 1 heterocycles. The van der Waals surface area contributed by atoms with Gasteiger partial charge in [-0.25, -0.2) is 4.98 Å². The van der Waals surface area contributed by atoms with Crippen molar-refractivity contribution in [3.63, 3.8) is 0 Å². The van der Waals surface area contributed by atoms with E-state index in [9.17, 15) is 4.21 Å². The second kappa shape index (κ2) is 6.02. The summed E-state index contributed by atoms with van der Waals surface area (Å²) in [6.45, 7) is 4.72. The largest absolute Gasteiger partial charge is 0.332 e. The Hall–Kier alpha value is -0.680. The van der Waals surface area contributed by atoms with Gasteiger partial charge < -0.3 is 10.3 Å². The quantitative estimate of drug-likeness (QED) is 0.793. The van der Waals surface area contributed by atoms with Gasteiger partial charge in [0.15, 0.2) is 0 Å². The Balaban J connectivity index is 2.61. The van der Waals surface area contributed by atoms with E-state index < -0.39 is 10.8 Å². The fourth-order valence-corrected chi connectivity index (χ4v) is 2.07. The van der Waals surface area contributed by atoms with Crippen molar-refractivity contribution >= 4 is 10.8 Å². The number of rotatable bonds is 6. The summed E-state index contributed by atoms with van der Waals surface area (Å²) in [5.41, 5.74) is 6.97. The van der Waals surface area contributed by atoms with Crippen molar-refractivity contribution in [1.29, 1.82) is 0 Å². The summed E-state index contributed by atoms with van der Waals surface area (Å²) < 4.78 is 13.3. The highest BCUT2D eigenvalue weighted by Crippen LogP contribution is 2.12. The minimum atomic E-state index is -0.724. The molecule has 0 aliphatic carbocycles. The number of aromatic nitrogens is 2. The molecule has 4 nitrogen and oxygen atoms in total. The van der Waals surface area contributed by atoms with Crippen LogP contribution in [0, 0.1) is 0 Å². The first-order chi connectivity index (χ1) is 7.19. The average molecular weight is 229 g/mol. The van der Waals surface area contributed by atoms with Crippen molar-refractivity contribution in [1.82, 2.24) is 9.55 Å². The van der Waals surface area contributed by atoms with Gasteiger partial charge in [0, 0.05) is 41.1 Å². The van der Waals surface area contributed by atoms with Gasteiger partial charge in [-0.3, -0.25) is 4.21 Å². The van der Waals surface area contributed by atoms with E-state index >= 15 is 0 Å². The highest BCUT2D eigenvalue weighted by Gasteiger charge is 2.09. The van der Waals surface area contributed by atoms with E-state index in [2.05, 4.69) is 4.98 Å². The normalized spacial score (nSPS) is 15.1. The molecule has 1 unspecified atom stereocenters. The molecule has 5 heteroatoms. The Labute approximate surface area is 93.3 Å². The minimum absolute atomic E-state index is 0.0301. The van der Waals surface area contributed by atoms with E-state index in [-0.39, 0.29) is 6.04 Å². The van der Waals surface area contributed by atoms with Crippen LogP contribution in [0.15, 0.2) is 12.5 Å². The number of aryl methyl sites for hydroxylation is 1. The number of hydrogen-bond donors (Lipinski definition) is 1. The maximum Gasteiger partial charge on any atom is 0.0948 e. The second-order valence-corrected chi connectivity index (χ2v) is 5.32. The lowest BCUT2D eigenvalue weighted by atomic mass is 10.2. The molecule has 0 aromatic carbocycles. The van der Waals surface area contributed by atoms with Crippen LogP contribution in [0.1, 0.15) is 32.0 Å². The first-order valence-corrected chi connectivity index (χ1v) is 6.78. The second-order valence-electron chi connectivity index (χ2n) is 3.46. The van der Waals surface area contributed by atoms with Crippen LogP contribution in [0.3, 0.4) is 0 Å². The van der Waals surface area contributed by atoms with Crippen LogP contribution >= 0.6 is 0 Å². The maximum absolute atomic E-state index is 11.3. The summed E-state index contributed by atoms with van der Waals surface area (Å²) in [7, 11) is -0.724. The molecule has 0 aliphatic heterocycles. The van der Waals surface area contributed by atoms with Gasteiger partial charge >= 0.3 is 0 Å². The van der Waals surface area contributed by atoms with Crippen LogP contribution in [-0.2, 0) is 17.3 Å². The monoisotopic (exact) mass is 229 g/mol. The van der Waals surface area contributed by atoms with Crippen molar-refractivity contribution in [2.45, 2.75) is 32.9 Å². The topological polar surface area (TPSA) is 60.9 Å². The standard InChI is InChI=1S/C10H19N3OS/c1-3-9(11)10-7-12-8-13(10)5-6-15(14)4-2/h7-9H,3-6,11H2,1-2H3/t9-,15?/m1/s1. The highest BCUT2D eigenvalue weighted by atomic mass is 32.2. The van der Waals surface area contributed by atoms with Crippen LogP contribution < -0.4 is 5.73 Å². The van der Waals surface area contributed by atoms with Crippen molar-refractivity contribution in [2.24, 2.45) is 5.73 Å². The predicted octanol–water partition coefficient (Wildman–Crippen LogP) is 1.06. The van der Waals surface area contributed by atoms with E-state index in [4.69, 9.17) is 5.73 Å². The fraction of sp³-hybridized carbons (Fsp3) is 0.700. The molecule has 2 N–H and O–H groups in total. The molecule has 0 aliphatic rings. The summed E-state index contributed by atoms with van der Waals surface area (Å²) in [5.74, 6) is 1.39. The SMILES string of the molecule is CC[C@@H](N)c1cncn1CCS(=O)CC. The first kappa shape index (κ1) is 12.4. The van der Waals surface area contributed by atoms with Crippen molar-refractivity contribution in [3.05, 3.63) is 18.2 Å². The van der Waals surface area contributed by atoms with Gasteiger partial charge in [0.05, 0.1) is 12.0 Å². The lowest BCUT2D eigenvalue weighted by molar-refractivity contribution is 0.606. The van der Waals surface area contributed by atoms with Crippen LogP contribution in [0.4, 0.5) is 0 Å². The third-order valence-corrected chi connectivity index (χ3v) is 3.73. The number of imidazole rings is 1. The molecular formula is C10H19N3OS. The maximum atomic E-state index is 11.3. The molecule has 1 rings (SSSR count). The van der Waals surface area contributed by atoms with Gasteiger partial charge in [0.2, 0.25) is 0 Å². The Morgan fingerprint density at radius 2 is 2.33 bits per heavy atom. The van der Waals surface area contributed by atoms with E-state index in [1.165, 1.54) is 0 Å². The molecule has 1 aromatic heterocycles. The van der Waals surface area contributed by atoms with Gasteiger partial charge in [-0.1, -0.05) is 13.8 Å². The summed E-state index contributed by atoms with van der Waals surface area (Å²) in [4.78, 5) is 4.08. The Morgan fingerprint density at radius 1 is 1.60 bits per heavy atom. The molecule has 0 saturated heterocycles. The molecule has 0 fully saturated rings. The van der Waals surface area contributed by atoms with Crippen molar-refractivity contribution < 1.29 is 4.21 Å².